The van der Waals surface area contributed by atoms with Crippen molar-refractivity contribution in [1.82, 2.24) is 15.5 Å². The molecular weight excluding hydrogens is 196 g/mol. The molecule has 0 aliphatic heterocycles. The minimum atomic E-state index is -0.0987. The third-order valence-corrected chi connectivity index (χ3v) is 1.86. The Balaban J connectivity index is 2.22. The van der Waals surface area contributed by atoms with Crippen LogP contribution >= 0.6 is 0 Å². The van der Waals surface area contributed by atoms with E-state index in [1.54, 1.807) is 13.3 Å². The average molecular weight is 212 g/mol. The molecule has 0 bridgehead atoms. The second-order valence-corrected chi connectivity index (χ2v) is 3.15. The number of H-pyrrole nitrogens is 1. The lowest BCUT2D eigenvalue weighted by Gasteiger charge is -2.05. The molecule has 0 spiro atoms. The van der Waals surface area contributed by atoms with E-state index in [9.17, 15) is 4.79 Å². The fraction of sp³-hybridized carbons (Fsp3) is 0.556. The zero-order valence-electron chi connectivity index (χ0n) is 8.96. The molecule has 0 atom stereocenters. The number of aromatic amines is 1. The highest BCUT2D eigenvalue weighted by molar-refractivity contribution is 5.91. The van der Waals surface area contributed by atoms with Gasteiger partial charge in [0.2, 0.25) is 5.91 Å². The van der Waals surface area contributed by atoms with Crippen LogP contribution in [0, 0.1) is 6.92 Å². The third kappa shape index (κ3) is 4.09. The molecule has 0 unspecified atom stereocenters. The Morgan fingerprint density at radius 3 is 3.07 bits per heavy atom. The fourth-order valence-electron chi connectivity index (χ4n) is 1.03. The van der Waals surface area contributed by atoms with Crippen molar-refractivity contribution in [2.45, 2.75) is 6.92 Å². The van der Waals surface area contributed by atoms with E-state index in [0.29, 0.717) is 19.0 Å². The number of carbonyl (C=O) groups excluding carboxylic acids is 1. The summed E-state index contributed by atoms with van der Waals surface area (Å²) in [4.78, 5) is 11.4. The van der Waals surface area contributed by atoms with Crippen LogP contribution in [0.5, 0.6) is 0 Å². The van der Waals surface area contributed by atoms with Crippen LogP contribution in [-0.4, -0.2) is 42.9 Å². The average Bonchev–Trinajstić information content (AvgIpc) is 2.59. The van der Waals surface area contributed by atoms with E-state index in [0.717, 1.165) is 5.56 Å². The van der Waals surface area contributed by atoms with Crippen molar-refractivity contribution < 1.29 is 9.53 Å². The topological polar surface area (TPSA) is 79.0 Å². The number of methoxy groups -OCH3 is 1. The number of ether oxygens (including phenoxy) is 1. The van der Waals surface area contributed by atoms with E-state index in [4.69, 9.17) is 4.74 Å². The molecule has 0 radical (unpaired) electrons. The summed E-state index contributed by atoms with van der Waals surface area (Å²) in [5.41, 5.74) is 0.917. The van der Waals surface area contributed by atoms with E-state index in [2.05, 4.69) is 20.8 Å². The molecule has 1 aromatic rings. The maximum atomic E-state index is 11.4. The number of carbonyl (C=O) groups is 1. The Morgan fingerprint density at radius 2 is 2.47 bits per heavy atom. The Kier molecular flexibility index (Phi) is 4.79. The maximum absolute atomic E-state index is 11.4. The second-order valence-electron chi connectivity index (χ2n) is 3.15. The maximum Gasteiger partial charge on any atom is 0.239 e. The second kappa shape index (κ2) is 6.15. The van der Waals surface area contributed by atoms with Crippen LogP contribution in [0.15, 0.2) is 6.20 Å². The molecule has 0 saturated heterocycles. The number of hydrogen-bond acceptors (Lipinski definition) is 4. The molecule has 3 N–H and O–H groups in total. The number of nitrogens with zero attached hydrogens (tertiary/aromatic N) is 1. The predicted octanol–water partition coefficient (Wildman–Crippen LogP) is -0.107. The van der Waals surface area contributed by atoms with Gasteiger partial charge in [-0.05, 0) is 6.92 Å². The fourth-order valence-corrected chi connectivity index (χ4v) is 1.03. The van der Waals surface area contributed by atoms with E-state index in [1.165, 1.54) is 0 Å². The van der Waals surface area contributed by atoms with E-state index >= 15 is 0 Å². The molecule has 84 valence electrons. The normalized spacial score (nSPS) is 10.3. The molecule has 1 amide bonds. The van der Waals surface area contributed by atoms with Gasteiger partial charge in [0.05, 0.1) is 19.3 Å². The number of nitrogens with one attached hydrogen (secondary N) is 3. The zero-order valence-corrected chi connectivity index (χ0v) is 8.96. The smallest absolute Gasteiger partial charge is 0.239 e. The predicted molar refractivity (Wildman–Crippen MR) is 56.7 cm³/mol. The van der Waals surface area contributed by atoms with Crippen molar-refractivity contribution in [2.75, 3.05) is 32.1 Å². The lowest BCUT2D eigenvalue weighted by molar-refractivity contribution is -0.115. The molecule has 1 rings (SSSR count). The van der Waals surface area contributed by atoms with Gasteiger partial charge in [-0.15, -0.1) is 0 Å². The van der Waals surface area contributed by atoms with Crippen LogP contribution in [0.4, 0.5) is 5.82 Å². The van der Waals surface area contributed by atoms with Crippen molar-refractivity contribution in [3.63, 3.8) is 0 Å². The SMILES string of the molecule is COCCNCC(=O)Nc1[nH]ncc1C. The molecule has 0 aliphatic rings. The van der Waals surface area contributed by atoms with Gasteiger partial charge < -0.3 is 15.4 Å². The Labute approximate surface area is 88.4 Å². The van der Waals surface area contributed by atoms with E-state index < -0.39 is 0 Å². The Hall–Kier alpha value is -1.40. The molecule has 15 heavy (non-hydrogen) atoms. The number of rotatable bonds is 6. The molecule has 0 saturated carbocycles. The van der Waals surface area contributed by atoms with Crippen molar-refractivity contribution >= 4 is 11.7 Å². The molecule has 1 heterocycles. The molecular formula is C9H16N4O2. The van der Waals surface area contributed by atoms with Gasteiger partial charge in [0.1, 0.15) is 5.82 Å². The lowest BCUT2D eigenvalue weighted by Crippen LogP contribution is -2.30. The van der Waals surface area contributed by atoms with Crippen LogP contribution in [0.25, 0.3) is 0 Å². The number of hydrogen-bond donors (Lipinski definition) is 3. The molecule has 6 heteroatoms. The summed E-state index contributed by atoms with van der Waals surface area (Å²) in [5, 5.41) is 12.2. The number of aromatic nitrogens is 2. The molecule has 6 nitrogen and oxygen atoms in total. The monoisotopic (exact) mass is 212 g/mol. The number of anilines is 1. The highest BCUT2D eigenvalue weighted by atomic mass is 16.5. The van der Waals surface area contributed by atoms with Crippen molar-refractivity contribution in [1.29, 1.82) is 0 Å². The van der Waals surface area contributed by atoms with Gasteiger partial charge in [0.25, 0.3) is 0 Å². The van der Waals surface area contributed by atoms with Crippen LogP contribution in [0.3, 0.4) is 0 Å². The quantitative estimate of drug-likeness (QED) is 0.575. The summed E-state index contributed by atoms with van der Waals surface area (Å²) < 4.78 is 4.84. The first-order valence-electron chi connectivity index (χ1n) is 4.73. The summed E-state index contributed by atoms with van der Waals surface area (Å²) in [5.74, 6) is 0.548. The van der Waals surface area contributed by atoms with Gasteiger partial charge in [-0.3, -0.25) is 9.89 Å². The highest BCUT2D eigenvalue weighted by Crippen LogP contribution is 2.07. The first-order valence-corrected chi connectivity index (χ1v) is 4.73. The molecule has 0 fully saturated rings. The summed E-state index contributed by atoms with van der Waals surface area (Å²) >= 11 is 0. The van der Waals surface area contributed by atoms with Crippen molar-refractivity contribution in [2.24, 2.45) is 0 Å². The van der Waals surface area contributed by atoms with Crippen LogP contribution in [0.1, 0.15) is 5.56 Å². The van der Waals surface area contributed by atoms with Gasteiger partial charge in [0, 0.05) is 19.2 Å². The van der Waals surface area contributed by atoms with Crippen molar-refractivity contribution in [3.05, 3.63) is 11.8 Å². The van der Waals surface area contributed by atoms with Gasteiger partial charge in [-0.25, -0.2) is 0 Å². The largest absolute Gasteiger partial charge is 0.383 e. The molecule has 0 aromatic carbocycles. The first-order chi connectivity index (χ1) is 7.24. The van der Waals surface area contributed by atoms with Crippen LogP contribution in [0.2, 0.25) is 0 Å². The van der Waals surface area contributed by atoms with Gasteiger partial charge >= 0.3 is 0 Å². The Morgan fingerprint density at radius 1 is 1.67 bits per heavy atom. The lowest BCUT2D eigenvalue weighted by atomic mass is 10.4. The van der Waals surface area contributed by atoms with Gasteiger partial charge in [-0.2, -0.15) is 5.10 Å². The minimum absolute atomic E-state index is 0.0987. The van der Waals surface area contributed by atoms with Crippen molar-refractivity contribution in [3.8, 4) is 0 Å². The Bertz CT molecular complexity index is 311. The van der Waals surface area contributed by atoms with Crippen LogP contribution in [-0.2, 0) is 9.53 Å². The highest BCUT2D eigenvalue weighted by Gasteiger charge is 2.04. The summed E-state index contributed by atoms with van der Waals surface area (Å²) in [7, 11) is 1.62. The summed E-state index contributed by atoms with van der Waals surface area (Å²) in [6, 6.07) is 0. The molecule has 1 aromatic heterocycles. The third-order valence-electron chi connectivity index (χ3n) is 1.86. The standard InChI is InChI=1S/C9H16N4O2/c1-7-5-11-13-9(7)12-8(14)6-10-3-4-15-2/h5,10H,3-4,6H2,1-2H3,(H2,11,12,13,14). The number of amides is 1. The van der Waals surface area contributed by atoms with E-state index in [-0.39, 0.29) is 12.5 Å². The van der Waals surface area contributed by atoms with E-state index in [1.807, 2.05) is 6.92 Å². The summed E-state index contributed by atoms with van der Waals surface area (Å²) in [6.45, 7) is 3.39. The summed E-state index contributed by atoms with van der Waals surface area (Å²) in [6.07, 6.45) is 1.66. The molecule has 0 aliphatic carbocycles. The first kappa shape index (κ1) is 11.7. The zero-order chi connectivity index (χ0) is 11.1. The minimum Gasteiger partial charge on any atom is -0.383 e. The van der Waals surface area contributed by atoms with Crippen LogP contribution < -0.4 is 10.6 Å². The van der Waals surface area contributed by atoms with Gasteiger partial charge in [0.15, 0.2) is 0 Å². The number of aryl methyl sites for hydroxylation is 1. The van der Waals surface area contributed by atoms with Gasteiger partial charge in [-0.1, -0.05) is 0 Å².